The van der Waals surface area contributed by atoms with Gasteiger partial charge in [0.2, 0.25) is 0 Å². The van der Waals surface area contributed by atoms with E-state index in [0.29, 0.717) is 12.0 Å². The number of carboxylic acids is 1. The zero-order chi connectivity index (χ0) is 21.9. The van der Waals surface area contributed by atoms with E-state index in [1.165, 1.54) is 63.6 Å². The van der Waals surface area contributed by atoms with Crippen LogP contribution >= 0.6 is 0 Å². The fourth-order valence-corrected chi connectivity index (χ4v) is 6.89. The second-order valence-electron chi connectivity index (χ2n) is 10.1. The molecule has 6 rings (SSSR count). The van der Waals surface area contributed by atoms with Crippen LogP contribution in [0.2, 0.25) is 0 Å². The number of benzene rings is 1. The quantitative estimate of drug-likeness (QED) is 0.553. The molecule has 1 aromatic carbocycles. The first-order valence-corrected chi connectivity index (χ1v) is 11.2. The van der Waals surface area contributed by atoms with Crippen molar-refractivity contribution < 1.29 is 29.0 Å². The van der Waals surface area contributed by atoms with Crippen LogP contribution in [0.3, 0.4) is 0 Å². The smallest absolute Gasteiger partial charge is 0.338 e. The third-order valence-electron chi connectivity index (χ3n) is 7.93. The molecular weight excluding hydrogens is 398 g/mol. The lowest BCUT2D eigenvalue weighted by Gasteiger charge is -2.57. The molecule has 1 aromatic rings. The highest BCUT2D eigenvalue weighted by atomic mass is 16.5. The summed E-state index contributed by atoms with van der Waals surface area (Å²) in [7, 11) is 0. The monoisotopic (exact) mass is 425 g/mol. The molecule has 164 valence electrons. The Balaban J connectivity index is 1.24. The Morgan fingerprint density at radius 3 is 2.23 bits per heavy atom. The van der Waals surface area contributed by atoms with Crippen LogP contribution in [0.4, 0.5) is 0 Å². The zero-order valence-corrected chi connectivity index (χ0v) is 17.6. The Morgan fingerprint density at radius 1 is 1.06 bits per heavy atom. The van der Waals surface area contributed by atoms with E-state index in [0.717, 1.165) is 29.1 Å². The molecule has 1 N–H and O–H groups in total. The minimum Gasteiger partial charge on any atom is -0.480 e. The molecule has 0 radical (unpaired) electrons. The molecule has 31 heavy (non-hydrogen) atoms. The number of hydrogen-bond donors (Lipinski definition) is 1. The molecule has 1 aliphatic heterocycles. The number of esters is 1. The summed E-state index contributed by atoms with van der Waals surface area (Å²) in [5, 5.41) is 9.16. The van der Waals surface area contributed by atoms with E-state index < -0.39 is 29.8 Å². The van der Waals surface area contributed by atoms with Gasteiger partial charge in [0.25, 0.3) is 11.8 Å². The molecule has 0 saturated heterocycles. The van der Waals surface area contributed by atoms with Crippen molar-refractivity contribution in [2.24, 2.45) is 23.2 Å². The number of imide groups is 1. The van der Waals surface area contributed by atoms with Crippen molar-refractivity contribution in [3.05, 3.63) is 34.9 Å². The van der Waals surface area contributed by atoms with Crippen LogP contribution in [0.5, 0.6) is 0 Å². The van der Waals surface area contributed by atoms with E-state index in [-0.39, 0.29) is 16.7 Å². The number of aliphatic carboxylic acids is 1. The Hall–Kier alpha value is -2.70. The number of fused-ring (bicyclic) bond motifs is 1. The van der Waals surface area contributed by atoms with Gasteiger partial charge in [0, 0.05) is 0 Å². The SMILES string of the molecule is CC(C(=O)O)N1C(=O)c2ccc(C(=O)OCCC34CC5CC(CC(C5)C3)C4)cc2C1=O. The molecule has 4 fully saturated rings. The van der Waals surface area contributed by atoms with Crippen molar-refractivity contribution in [3.63, 3.8) is 0 Å². The van der Waals surface area contributed by atoms with Crippen LogP contribution in [0.25, 0.3) is 0 Å². The van der Waals surface area contributed by atoms with E-state index in [9.17, 15) is 19.2 Å². The molecule has 4 aliphatic carbocycles. The van der Waals surface area contributed by atoms with Gasteiger partial charge in [0.1, 0.15) is 6.04 Å². The number of ether oxygens (including phenoxy) is 1. The highest BCUT2D eigenvalue weighted by molar-refractivity contribution is 6.23. The Morgan fingerprint density at radius 2 is 1.65 bits per heavy atom. The van der Waals surface area contributed by atoms with Crippen molar-refractivity contribution in [2.75, 3.05) is 6.61 Å². The summed E-state index contributed by atoms with van der Waals surface area (Å²) in [4.78, 5) is 49.6. The standard InChI is InChI=1S/C24H27NO6/c1-13(22(28)29)25-20(26)18-3-2-17(9-19(18)21(25)27)23(30)31-5-4-24-10-14-6-15(11-24)8-16(7-14)12-24/h2-3,9,13-16H,4-8,10-12H2,1H3,(H,28,29). The summed E-state index contributed by atoms with van der Waals surface area (Å²) in [6.07, 6.45) is 8.76. The third kappa shape index (κ3) is 3.34. The molecule has 1 unspecified atom stereocenters. The second kappa shape index (κ2) is 7.18. The predicted molar refractivity (Wildman–Crippen MR) is 110 cm³/mol. The Kier molecular flexibility index (Phi) is 4.68. The van der Waals surface area contributed by atoms with Crippen LogP contribution in [0, 0.1) is 23.2 Å². The van der Waals surface area contributed by atoms with Crippen LogP contribution in [0.1, 0.15) is 82.9 Å². The van der Waals surface area contributed by atoms with Crippen molar-refractivity contribution in [1.82, 2.24) is 4.90 Å². The molecule has 0 aromatic heterocycles. The van der Waals surface area contributed by atoms with E-state index in [1.54, 1.807) is 0 Å². The molecule has 2 amide bonds. The van der Waals surface area contributed by atoms with E-state index in [2.05, 4.69) is 0 Å². The lowest BCUT2D eigenvalue weighted by atomic mass is 9.49. The van der Waals surface area contributed by atoms with Crippen molar-refractivity contribution in [2.45, 2.75) is 57.9 Å². The minimum absolute atomic E-state index is 0.0497. The van der Waals surface area contributed by atoms with Gasteiger partial charge in [-0.2, -0.15) is 0 Å². The maximum absolute atomic E-state index is 12.6. The van der Waals surface area contributed by atoms with Gasteiger partial charge in [-0.25, -0.2) is 9.59 Å². The van der Waals surface area contributed by atoms with Crippen molar-refractivity contribution >= 4 is 23.8 Å². The lowest BCUT2D eigenvalue weighted by Crippen LogP contribution is -2.46. The average Bonchev–Trinajstić information content (AvgIpc) is 2.96. The largest absolute Gasteiger partial charge is 0.480 e. The molecule has 4 saturated carbocycles. The molecule has 4 bridgehead atoms. The van der Waals surface area contributed by atoms with E-state index in [1.807, 2.05) is 0 Å². The fraction of sp³-hybridized carbons (Fsp3) is 0.583. The first-order valence-electron chi connectivity index (χ1n) is 11.2. The highest BCUT2D eigenvalue weighted by Gasteiger charge is 2.50. The first-order chi connectivity index (χ1) is 14.8. The summed E-state index contributed by atoms with van der Waals surface area (Å²) in [5.74, 6) is -0.596. The Labute approximate surface area is 180 Å². The number of amides is 2. The summed E-state index contributed by atoms with van der Waals surface area (Å²) in [5.41, 5.74) is 0.690. The van der Waals surface area contributed by atoms with Crippen LogP contribution in [-0.4, -0.2) is 46.4 Å². The molecule has 7 heteroatoms. The summed E-state index contributed by atoms with van der Waals surface area (Å²) >= 11 is 0. The van der Waals surface area contributed by atoms with E-state index in [4.69, 9.17) is 9.84 Å². The van der Waals surface area contributed by atoms with Gasteiger partial charge in [-0.15, -0.1) is 0 Å². The topological polar surface area (TPSA) is 101 Å². The van der Waals surface area contributed by atoms with Crippen molar-refractivity contribution in [3.8, 4) is 0 Å². The number of carbonyl (C=O) groups excluding carboxylic acids is 3. The maximum Gasteiger partial charge on any atom is 0.338 e. The number of nitrogens with zero attached hydrogens (tertiary/aromatic N) is 1. The normalized spacial score (nSPS) is 31.6. The molecule has 5 aliphatic rings. The molecule has 7 nitrogen and oxygen atoms in total. The fourth-order valence-electron chi connectivity index (χ4n) is 6.89. The predicted octanol–water partition coefficient (Wildman–Crippen LogP) is 3.52. The van der Waals surface area contributed by atoms with Gasteiger partial charge in [0.05, 0.1) is 23.3 Å². The number of carboxylic acid groups (broad SMARTS) is 1. The summed E-state index contributed by atoms with van der Waals surface area (Å²) in [6, 6.07) is 2.94. The highest BCUT2D eigenvalue weighted by Crippen LogP contribution is 2.61. The van der Waals surface area contributed by atoms with Gasteiger partial charge < -0.3 is 9.84 Å². The molecule has 0 spiro atoms. The number of carbonyl (C=O) groups is 4. The maximum atomic E-state index is 12.6. The van der Waals surface area contributed by atoms with E-state index >= 15 is 0 Å². The third-order valence-corrected chi connectivity index (χ3v) is 7.93. The van der Waals surface area contributed by atoms with Gasteiger partial charge in [-0.1, -0.05) is 0 Å². The average molecular weight is 425 g/mol. The van der Waals surface area contributed by atoms with Gasteiger partial charge in [-0.3, -0.25) is 14.5 Å². The minimum atomic E-state index is -1.27. The molecule has 1 heterocycles. The second-order valence-corrected chi connectivity index (χ2v) is 10.1. The van der Waals surface area contributed by atoms with Gasteiger partial charge >= 0.3 is 11.9 Å². The molecular formula is C24H27NO6. The summed E-state index contributed by atoms with van der Waals surface area (Å²) in [6.45, 7) is 1.64. The van der Waals surface area contributed by atoms with Crippen LogP contribution in [-0.2, 0) is 9.53 Å². The van der Waals surface area contributed by atoms with Crippen LogP contribution < -0.4 is 0 Å². The zero-order valence-electron chi connectivity index (χ0n) is 17.6. The van der Waals surface area contributed by atoms with Crippen LogP contribution in [0.15, 0.2) is 18.2 Å². The van der Waals surface area contributed by atoms with Gasteiger partial charge in [0.15, 0.2) is 0 Å². The first kappa shape index (κ1) is 20.2. The number of hydrogen-bond acceptors (Lipinski definition) is 5. The van der Waals surface area contributed by atoms with Gasteiger partial charge in [-0.05, 0) is 93.2 Å². The summed E-state index contributed by atoms with van der Waals surface area (Å²) < 4.78 is 5.56. The molecule has 1 atom stereocenters. The lowest BCUT2D eigenvalue weighted by molar-refractivity contribution is -0.140. The number of rotatable bonds is 6. The Bertz CT molecular complexity index is 947. The van der Waals surface area contributed by atoms with Crippen molar-refractivity contribution in [1.29, 1.82) is 0 Å².